The van der Waals surface area contributed by atoms with Crippen LogP contribution in [0.5, 0.6) is 5.75 Å². The first kappa shape index (κ1) is 21.1. The lowest BCUT2D eigenvalue weighted by atomic mass is 10.1. The number of amides is 1. The summed E-state index contributed by atoms with van der Waals surface area (Å²) in [5.41, 5.74) is 1.76. The van der Waals surface area contributed by atoms with Gasteiger partial charge in [-0.05, 0) is 55.9 Å². The molecule has 7 nitrogen and oxygen atoms in total. The summed E-state index contributed by atoms with van der Waals surface area (Å²) < 4.78 is 32.5. The normalized spacial score (nSPS) is 15.2. The van der Waals surface area contributed by atoms with Gasteiger partial charge >= 0.3 is 0 Å². The second-order valence-electron chi connectivity index (χ2n) is 7.24. The van der Waals surface area contributed by atoms with Gasteiger partial charge in [0.15, 0.2) is 0 Å². The minimum Gasteiger partial charge on any atom is -0.497 e. The molecule has 0 atom stereocenters. The Kier molecular flexibility index (Phi) is 6.14. The van der Waals surface area contributed by atoms with Gasteiger partial charge in [-0.1, -0.05) is 6.07 Å². The van der Waals surface area contributed by atoms with Crippen molar-refractivity contribution in [3.8, 4) is 5.75 Å². The fraction of sp³-hybridized carbons (Fsp3) is 0.381. The molecule has 8 heteroatoms. The lowest BCUT2D eigenvalue weighted by Crippen LogP contribution is -2.47. The quantitative estimate of drug-likeness (QED) is 0.746. The summed E-state index contributed by atoms with van der Waals surface area (Å²) in [7, 11) is 1.30. The Labute approximate surface area is 172 Å². The molecule has 1 fully saturated rings. The van der Waals surface area contributed by atoms with Gasteiger partial charge in [0.05, 0.1) is 17.7 Å². The number of benzene rings is 2. The lowest BCUT2D eigenvalue weighted by molar-refractivity contribution is 0.0664. The van der Waals surface area contributed by atoms with E-state index < -0.39 is 10.0 Å². The fourth-order valence-electron chi connectivity index (χ4n) is 3.31. The monoisotopic (exact) mass is 417 g/mol. The van der Waals surface area contributed by atoms with E-state index in [1.54, 1.807) is 30.3 Å². The largest absolute Gasteiger partial charge is 0.497 e. The van der Waals surface area contributed by atoms with Crippen molar-refractivity contribution in [1.82, 2.24) is 9.80 Å². The number of carbonyl (C=O) groups is 1. The summed E-state index contributed by atoms with van der Waals surface area (Å²) in [6, 6.07) is 11.5. The molecule has 1 saturated heterocycles. The molecule has 1 heterocycles. The van der Waals surface area contributed by atoms with Gasteiger partial charge in [0.2, 0.25) is 0 Å². The molecule has 0 saturated carbocycles. The van der Waals surface area contributed by atoms with Crippen LogP contribution in [-0.4, -0.2) is 71.5 Å². The van der Waals surface area contributed by atoms with E-state index in [0.717, 1.165) is 18.7 Å². The smallest absolute Gasteiger partial charge is 0.264 e. The van der Waals surface area contributed by atoms with Crippen LogP contribution in [0.25, 0.3) is 0 Å². The molecule has 0 aliphatic carbocycles. The van der Waals surface area contributed by atoms with Gasteiger partial charge in [-0.3, -0.25) is 9.10 Å². The average molecular weight is 418 g/mol. The van der Waals surface area contributed by atoms with Crippen LogP contribution in [0.4, 0.5) is 5.69 Å². The Morgan fingerprint density at radius 1 is 1.03 bits per heavy atom. The Morgan fingerprint density at radius 2 is 1.66 bits per heavy atom. The third kappa shape index (κ3) is 4.38. The van der Waals surface area contributed by atoms with Crippen LogP contribution in [-0.2, 0) is 10.0 Å². The summed E-state index contributed by atoms with van der Waals surface area (Å²) in [4.78, 5) is 17.1. The van der Waals surface area contributed by atoms with Crippen LogP contribution in [0.2, 0.25) is 0 Å². The Morgan fingerprint density at radius 3 is 2.24 bits per heavy atom. The zero-order valence-electron chi connectivity index (χ0n) is 17.3. The van der Waals surface area contributed by atoms with Gasteiger partial charge in [-0.2, -0.15) is 0 Å². The van der Waals surface area contributed by atoms with E-state index in [2.05, 4.69) is 4.90 Å². The van der Waals surface area contributed by atoms with Crippen LogP contribution in [0.15, 0.2) is 47.4 Å². The third-order valence-electron chi connectivity index (χ3n) is 5.30. The average Bonchev–Trinajstić information content (AvgIpc) is 2.73. The van der Waals surface area contributed by atoms with E-state index in [1.807, 2.05) is 18.9 Å². The van der Waals surface area contributed by atoms with Gasteiger partial charge in [0.1, 0.15) is 5.75 Å². The second kappa shape index (κ2) is 8.42. The van der Waals surface area contributed by atoms with E-state index in [4.69, 9.17) is 4.74 Å². The third-order valence-corrected chi connectivity index (χ3v) is 7.09. The maximum atomic E-state index is 13.1. The van der Waals surface area contributed by atoms with E-state index in [-0.39, 0.29) is 10.8 Å². The number of anilines is 1. The predicted molar refractivity (Wildman–Crippen MR) is 113 cm³/mol. The fourth-order valence-corrected chi connectivity index (χ4v) is 4.56. The van der Waals surface area contributed by atoms with Crippen molar-refractivity contribution >= 4 is 21.6 Å². The van der Waals surface area contributed by atoms with E-state index >= 15 is 0 Å². The first-order valence-corrected chi connectivity index (χ1v) is 10.9. The highest BCUT2D eigenvalue weighted by Crippen LogP contribution is 2.28. The van der Waals surface area contributed by atoms with Gasteiger partial charge in [-0.15, -0.1) is 0 Å². The maximum Gasteiger partial charge on any atom is 0.264 e. The summed E-state index contributed by atoms with van der Waals surface area (Å²) in [5, 5.41) is 0. The summed E-state index contributed by atoms with van der Waals surface area (Å²) in [5.74, 6) is 0.511. The molecule has 0 bridgehead atoms. The molecule has 0 spiro atoms. The molecule has 29 heavy (non-hydrogen) atoms. The highest BCUT2D eigenvalue weighted by Gasteiger charge is 2.25. The van der Waals surface area contributed by atoms with Crippen LogP contribution >= 0.6 is 0 Å². The molecule has 1 amide bonds. The molecule has 0 radical (unpaired) electrons. The van der Waals surface area contributed by atoms with Gasteiger partial charge in [-0.25, -0.2) is 8.42 Å². The first-order chi connectivity index (χ1) is 13.7. The predicted octanol–water partition coefficient (Wildman–Crippen LogP) is 2.22. The molecule has 1 aliphatic heterocycles. The molecular weight excluding hydrogens is 390 g/mol. The lowest BCUT2D eigenvalue weighted by Gasteiger charge is -2.32. The molecule has 0 aromatic heterocycles. The number of nitrogens with zero attached hydrogens (tertiary/aromatic N) is 3. The van der Waals surface area contributed by atoms with E-state index in [0.29, 0.717) is 30.1 Å². The second-order valence-corrected chi connectivity index (χ2v) is 9.21. The van der Waals surface area contributed by atoms with Crippen molar-refractivity contribution in [2.75, 3.05) is 51.7 Å². The van der Waals surface area contributed by atoms with Crippen molar-refractivity contribution in [3.05, 3.63) is 53.6 Å². The number of sulfonamides is 1. The molecule has 0 unspecified atom stereocenters. The van der Waals surface area contributed by atoms with Crippen molar-refractivity contribution in [1.29, 1.82) is 0 Å². The molecule has 0 N–H and O–H groups in total. The molecule has 2 aromatic carbocycles. The topological polar surface area (TPSA) is 70.2 Å². The van der Waals surface area contributed by atoms with Gasteiger partial charge < -0.3 is 14.5 Å². The van der Waals surface area contributed by atoms with Gasteiger partial charge in [0, 0.05) is 38.8 Å². The zero-order chi connectivity index (χ0) is 21.2. The number of aryl methyl sites for hydroxylation is 1. The number of ether oxygens (including phenoxy) is 1. The van der Waals surface area contributed by atoms with Crippen molar-refractivity contribution in [2.24, 2.45) is 0 Å². The number of carbonyl (C=O) groups excluding carboxylic acids is 1. The zero-order valence-corrected chi connectivity index (χ0v) is 18.1. The molecule has 1 aliphatic rings. The number of piperazine rings is 1. The minimum absolute atomic E-state index is 0.0744. The highest BCUT2D eigenvalue weighted by atomic mass is 32.2. The van der Waals surface area contributed by atoms with Crippen LogP contribution in [0, 0.1) is 6.92 Å². The van der Waals surface area contributed by atoms with Crippen LogP contribution in [0.1, 0.15) is 15.9 Å². The number of rotatable bonds is 5. The van der Waals surface area contributed by atoms with Crippen molar-refractivity contribution in [3.63, 3.8) is 0 Å². The van der Waals surface area contributed by atoms with Crippen LogP contribution < -0.4 is 9.04 Å². The number of hydrogen-bond acceptors (Lipinski definition) is 5. The summed E-state index contributed by atoms with van der Waals surface area (Å²) >= 11 is 0. The number of likely N-dealkylation sites (N-methyl/N-ethyl adjacent to an activating group) is 1. The molecule has 156 valence electrons. The van der Waals surface area contributed by atoms with Crippen LogP contribution in [0.3, 0.4) is 0 Å². The Balaban J connectivity index is 1.89. The Bertz CT molecular complexity index is 981. The molecule has 2 aromatic rings. The van der Waals surface area contributed by atoms with Crippen molar-refractivity contribution < 1.29 is 17.9 Å². The van der Waals surface area contributed by atoms with E-state index in [9.17, 15) is 13.2 Å². The maximum absolute atomic E-state index is 13.1. The summed E-state index contributed by atoms with van der Waals surface area (Å²) in [6.45, 7) is 4.82. The minimum atomic E-state index is -3.77. The number of hydrogen-bond donors (Lipinski definition) is 0. The molecule has 3 rings (SSSR count). The first-order valence-electron chi connectivity index (χ1n) is 9.45. The van der Waals surface area contributed by atoms with Gasteiger partial charge in [0.25, 0.3) is 15.9 Å². The van der Waals surface area contributed by atoms with Crippen molar-refractivity contribution in [2.45, 2.75) is 11.8 Å². The van der Waals surface area contributed by atoms with E-state index in [1.165, 1.54) is 30.6 Å². The Hall–Kier alpha value is -2.58. The highest BCUT2D eigenvalue weighted by molar-refractivity contribution is 7.92. The number of methoxy groups -OCH3 is 1. The standard InChI is InChI=1S/C21H27N3O4S/c1-16-5-6-17(21(25)24-13-11-22(2)12-14-24)15-20(16)23(3)29(26,27)19-9-7-18(28-4)8-10-19/h5-10,15H,11-14H2,1-4H3. The SMILES string of the molecule is COc1ccc(S(=O)(=O)N(C)c2cc(C(=O)N3CCN(C)CC3)ccc2C)cc1. The molecular formula is C21H27N3O4S. The summed E-state index contributed by atoms with van der Waals surface area (Å²) in [6.07, 6.45) is 0.